The summed E-state index contributed by atoms with van der Waals surface area (Å²) in [6.45, 7) is 4.24. The maximum absolute atomic E-state index is 10.5. The second-order valence-electron chi connectivity index (χ2n) is 7.87. The average molecular weight is 398 g/mol. The van der Waals surface area contributed by atoms with Gasteiger partial charge in [0.2, 0.25) is 0 Å². The molecule has 2 aromatic heterocycles. The molecular weight excluding hydrogens is 374 g/mol. The fourth-order valence-electron chi connectivity index (χ4n) is 4.32. The highest BCUT2D eigenvalue weighted by Crippen LogP contribution is 2.37. The highest BCUT2D eigenvalue weighted by atomic mass is 32.1. The van der Waals surface area contributed by atoms with Crippen molar-refractivity contribution in [1.82, 2.24) is 25.3 Å². The van der Waals surface area contributed by atoms with E-state index in [0.29, 0.717) is 33.8 Å². The number of hydrogen-bond acceptors (Lipinski definition) is 7. The monoisotopic (exact) mass is 397 g/mol. The number of rotatable bonds is 4. The minimum atomic E-state index is 0.155. The van der Waals surface area contributed by atoms with Gasteiger partial charge >= 0.3 is 0 Å². The van der Waals surface area contributed by atoms with Gasteiger partial charge in [0.05, 0.1) is 16.9 Å². The third-order valence-electron chi connectivity index (χ3n) is 5.73. The van der Waals surface area contributed by atoms with E-state index in [1.807, 2.05) is 31.3 Å². The Labute approximate surface area is 167 Å². The third-order valence-corrected chi connectivity index (χ3v) is 6.58. The van der Waals surface area contributed by atoms with Gasteiger partial charge in [0.1, 0.15) is 11.9 Å². The molecule has 0 spiro atoms. The van der Waals surface area contributed by atoms with E-state index in [1.54, 1.807) is 10.7 Å². The van der Waals surface area contributed by atoms with Crippen LogP contribution < -0.4 is 10.1 Å². The predicted molar refractivity (Wildman–Crippen MR) is 107 cm³/mol. The minimum Gasteiger partial charge on any atom is -0.507 e. The number of fused-ring (bicyclic) bond motifs is 2. The van der Waals surface area contributed by atoms with Gasteiger partial charge in [-0.05, 0) is 43.9 Å². The molecule has 28 heavy (non-hydrogen) atoms. The molecule has 0 amide bonds. The number of phenolic OH excluding ortho intramolecular Hbond substituents is 1. The first kappa shape index (κ1) is 17.6. The van der Waals surface area contributed by atoms with Crippen molar-refractivity contribution >= 4 is 11.3 Å². The number of piperidine rings is 1. The molecule has 146 valence electrons. The number of aryl methyl sites for hydroxylation is 1. The number of aromatic nitrogens is 4. The van der Waals surface area contributed by atoms with Crippen LogP contribution in [0.1, 0.15) is 31.9 Å². The number of nitrogens with one attached hydrogen (secondary N) is 1. The van der Waals surface area contributed by atoms with Gasteiger partial charge < -0.3 is 15.2 Å². The first-order chi connectivity index (χ1) is 13.5. The summed E-state index contributed by atoms with van der Waals surface area (Å²) >= 11 is 1.38. The second-order valence-corrected chi connectivity index (χ2v) is 8.81. The lowest BCUT2D eigenvalue weighted by Crippen LogP contribution is -2.43. The second kappa shape index (κ2) is 6.86. The van der Waals surface area contributed by atoms with Crippen LogP contribution in [0.3, 0.4) is 0 Å². The van der Waals surface area contributed by atoms with Crippen molar-refractivity contribution in [2.45, 2.75) is 51.3 Å². The van der Waals surface area contributed by atoms with Crippen LogP contribution >= 0.6 is 11.3 Å². The maximum Gasteiger partial charge on any atom is 0.294 e. The number of hydrogen-bond donors (Lipinski definition) is 2. The van der Waals surface area contributed by atoms with E-state index in [1.165, 1.54) is 17.8 Å². The number of phenols is 1. The molecule has 2 aliphatic rings. The molecule has 8 heteroatoms. The Kier molecular flexibility index (Phi) is 4.32. The molecule has 0 aliphatic carbocycles. The van der Waals surface area contributed by atoms with Crippen molar-refractivity contribution in [3.63, 3.8) is 0 Å². The standard InChI is InChI=1S/C20H23N5O2S/c1-11-7-13-8-15(10-17(11)21-13)27-20-23-22-19(28-20)16-4-3-14(9-18(16)26)25-6-5-12(2)24-25/h3-6,9,11,13,15,17,21,26H,7-8,10H2,1-2H3. The predicted octanol–water partition coefficient (Wildman–Crippen LogP) is 3.31. The van der Waals surface area contributed by atoms with Crippen molar-refractivity contribution in [3.05, 3.63) is 36.2 Å². The quantitative estimate of drug-likeness (QED) is 0.703. The molecule has 7 nitrogen and oxygen atoms in total. The fraction of sp³-hybridized carbons (Fsp3) is 0.450. The largest absolute Gasteiger partial charge is 0.507 e. The summed E-state index contributed by atoms with van der Waals surface area (Å²) in [5, 5.41) is 28.2. The molecule has 4 unspecified atom stereocenters. The SMILES string of the molecule is Cc1ccn(-c2ccc(-c3nnc(OC4CC5CC(C)C(C4)N5)s3)c(O)c2)n1. The Morgan fingerprint density at radius 1 is 1.21 bits per heavy atom. The maximum atomic E-state index is 10.5. The van der Waals surface area contributed by atoms with Crippen molar-refractivity contribution in [3.8, 4) is 27.2 Å². The van der Waals surface area contributed by atoms with Crippen LogP contribution in [0.25, 0.3) is 16.3 Å². The van der Waals surface area contributed by atoms with Gasteiger partial charge in [0.25, 0.3) is 5.19 Å². The number of ether oxygens (including phenoxy) is 1. The Morgan fingerprint density at radius 2 is 2.11 bits per heavy atom. The van der Waals surface area contributed by atoms with E-state index in [0.717, 1.165) is 24.2 Å². The Morgan fingerprint density at radius 3 is 2.86 bits per heavy atom. The average Bonchev–Trinajstić information content (AvgIpc) is 3.36. The summed E-state index contributed by atoms with van der Waals surface area (Å²) in [5.41, 5.74) is 2.38. The zero-order valence-corrected chi connectivity index (χ0v) is 16.7. The molecule has 0 saturated carbocycles. The van der Waals surface area contributed by atoms with Crippen molar-refractivity contribution in [1.29, 1.82) is 0 Å². The molecule has 2 N–H and O–H groups in total. The Bertz CT molecular complexity index is 998. The third kappa shape index (κ3) is 3.27. The molecule has 5 rings (SSSR count). The topological polar surface area (TPSA) is 85.1 Å². The first-order valence-electron chi connectivity index (χ1n) is 9.67. The van der Waals surface area contributed by atoms with Gasteiger partial charge in [-0.15, -0.1) is 5.10 Å². The van der Waals surface area contributed by atoms with E-state index in [4.69, 9.17) is 4.74 Å². The van der Waals surface area contributed by atoms with Crippen LogP contribution in [0.15, 0.2) is 30.5 Å². The molecule has 4 atom stereocenters. The molecule has 2 aliphatic heterocycles. The molecule has 2 fully saturated rings. The van der Waals surface area contributed by atoms with E-state index in [2.05, 4.69) is 27.5 Å². The molecular formula is C20H23N5O2S. The van der Waals surface area contributed by atoms with Crippen LogP contribution in [0, 0.1) is 12.8 Å². The van der Waals surface area contributed by atoms with Crippen LogP contribution in [-0.4, -0.2) is 43.3 Å². The van der Waals surface area contributed by atoms with E-state index in [-0.39, 0.29) is 11.9 Å². The zero-order chi connectivity index (χ0) is 19.3. The van der Waals surface area contributed by atoms with Gasteiger partial charge in [0, 0.05) is 30.8 Å². The van der Waals surface area contributed by atoms with Gasteiger partial charge in [-0.1, -0.05) is 23.4 Å². The zero-order valence-electron chi connectivity index (χ0n) is 15.9. The molecule has 1 aromatic carbocycles. The molecule has 0 radical (unpaired) electrons. The smallest absolute Gasteiger partial charge is 0.294 e. The van der Waals surface area contributed by atoms with Gasteiger partial charge in [-0.25, -0.2) is 4.68 Å². The van der Waals surface area contributed by atoms with Gasteiger partial charge in [0.15, 0.2) is 5.01 Å². The minimum absolute atomic E-state index is 0.155. The molecule has 4 heterocycles. The highest BCUT2D eigenvalue weighted by Gasteiger charge is 2.39. The van der Waals surface area contributed by atoms with E-state index >= 15 is 0 Å². The summed E-state index contributed by atoms with van der Waals surface area (Å²) < 4.78 is 7.87. The number of aromatic hydroxyl groups is 1. The number of nitrogens with zero attached hydrogens (tertiary/aromatic N) is 4. The first-order valence-corrected chi connectivity index (χ1v) is 10.5. The summed E-state index contributed by atoms with van der Waals surface area (Å²) in [6, 6.07) is 8.46. The highest BCUT2D eigenvalue weighted by molar-refractivity contribution is 7.16. The summed E-state index contributed by atoms with van der Waals surface area (Å²) in [4.78, 5) is 0. The van der Waals surface area contributed by atoms with Gasteiger partial charge in [-0.3, -0.25) is 0 Å². The van der Waals surface area contributed by atoms with E-state index in [9.17, 15) is 5.11 Å². The molecule has 2 bridgehead atoms. The van der Waals surface area contributed by atoms with Gasteiger partial charge in [-0.2, -0.15) is 5.10 Å². The number of benzene rings is 1. The Hall–Kier alpha value is -2.45. The lowest BCUT2D eigenvalue weighted by Gasteiger charge is -2.29. The van der Waals surface area contributed by atoms with Crippen LogP contribution in [0.5, 0.6) is 10.9 Å². The van der Waals surface area contributed by atoms with Crippen LogP contribution in [0.2, 0.25) is 0 Å². The molecule has 3 aromatic rings. The van der Waals surface area contributed by atoms with Crippen molar-refractivity contribution in [2.75, 3.05) is 0 Å². The Balaban J connectivity index is 1.32. The van der Waals surface area contributed by atoms with Crippen molar-refractivity contribution < 1.29 is 9.84 Å². The van der Waals surface area contributed by atoms with E-state index < -0.39 is 0 Å². The van der Waals surface area contributed by atoms with Crippen LogP contribution in [0.4, 0.5) is 0 Å². The summed E-state index contributed by atoms with van der Waals surface area (Å²) in [5.74, 6) is 0.861. The molecule has 2 saturated heterocycles. The van der Waals surface area contributed by atoms with Crippen molar-refractivity contribution in [2.24, 2.45) is 5.92 Å². The summed E-state index contributed by atoms with van der Waals surface area (Å²) in [6.07, 6.45) is 5.30. The lowest BCUT2D eigenvalue weighted by molar-refractivity contribution is 0.132. The lowest BCUT2D eigenvalue weighted by atomic mass is 9.99. The normalized spacial score (nSPS) is 26.5. The fourth-order valence-corrected chi connectivity index (χ4v) is 5.11. The van der Waals surface area contributed by atoms with Crippen LogP contribution in [-0.2, 0) is 0 Å². The summed E-state index contributed by atoms with van der Waals surface area (Å²) in [7, 11) is 0.